The van der Waals surface area contributed by atoms with E-state index in [1.54, 1.807) is 16.7 Å². The molecule has 2 N–H and O–H groups in total. The van der Waals surface area contributed by atoms with Gasteiger partial charge in [-0.3, -0.25) is 4.57 Å². The fraction of sp³-hybridized carbons (Fsp3) is 0.273. The van der Waals surface area contributed by atoms with E-state index < -0.39 is 0 Å². The lowest BCUT2D eigenvalue weighted by Crippen LogP contribution is -2.15. The van der Waals surface area contributed by atoms with Crippen LogP contribution in [0.5, 0.6) is 0 Å². The number of hydrazone groups is 1. The molecular formula is C11H13N3O2. The number of rotatable bonds is 2. The second-order valence-electron chi connectivity index (χ2n) is 3.84. The highest BCUT2D eigenvalue weighted by Gasteiger charge is 2.11. The van der Waals surface area contributed by atoms with E-state index in [1.807, 2.05) is 19.9 Å². The molecule has 0 atom stereocenters. The highest BCUT2D eigenvalue weighted by Crippen LogP contribution is 2.17. The second-order valence-corrected chi connectivity index (χ2v) is 3.84. The third-order valence-electron chi connectivity index (χ3n) is 2.38. The molecule has 5 nitrogen and oxygen atoms in total. The molecule has 1 aromatic carbocycles. The highest BCUT2D eigenvalue weighted by atomic mass is 16.4. The number of hydrogen-bond donors (Lipinski definition) is 1. The summed E-state index contributed by atoms with van der Waals surface area (Å²) < 4.78 is 6.73. The third kappa shape index (κ3) is 1.60. The lowest BCUT2D eigenvalue weighted by Gasteiger charge is -2.05. The van der Waals surface area contributed by atoms with E-state index in [2.05, 4.69) is 5.10 Å². The molecule has 0 aliphatic rings. The fourth-order valence-electron chi connectivity index (χ4n) is 1.71. The van der Waals surface area contributed by atoms with Crippen LogP contribution >= 0.6 is 0 Å². The summed E-state index contributed by atoms with van der Waals surface area (Å²) in [5, 5.41) is 3.45. The summed E-state index contributed by atoms with van der Waals surface area (Å²) in [6.07, 6.45) is 1.53. The van der Waals surface area contributed by atoms with Crippen LogP contribution in [0.25, 0.3) is 11.1 Å². The number of hydrogen-bond acceptors (Lipinski definition) is 4. The molecule has 0 unspecified atom stereocenters. The summed E-state index contributed by atoms with van der Waals surface area (Å²) in [5.41, 5.74) is 2.18. The van der Waals surface area contributed by atoms with Gasteiger partial charge in [0.1, 0.15) is 0 Å². The number of aromatic nitrogens is 1. The summed E-state index contributed by atoms with van der Waals surface area (Å²) in [5.74, 6) is 4.74. The van der Waals surface area contributed by atoms with Crippen molar-refractivity contribution in [3.63, 3.8) is 0 Å². The maximum absolute atomic E-state index is 11.6. The molecule has 0 amide bonds. The van der Waals surface area contributed by atoms with Crippen molar-refractivity contribution < 1.29 is 4.42 Å². The molecule has 0 fully saturated rings. The van der Waals surface area contributed by atoms with Crippen LogP contribution in [0, 0.1) is 0 Å². The lowest BCUT2D eigenvalue weighted by atomic mass is 10.2. The SMILES string of the molecule is CC(C)n1c(=O)oc2ccc(C=NN)cc21. The topological polar surface area (TPSA) is 73.5 Å². The van der Waals surface area contributed by atoms with E-state index in [1.165, 1.54) is 6.21 Å². The fourth-order valence-corrected chi connectivity index (χ4v) is 1.71. The molecule has 2 rings (SSSR count). The zero-order chi connectivity index (χ0) is 11.7. The summed E-state index contributed by atoms with van der Waals surface area (Å²) in [6, 6.07) is 5.43. The van der Waals surface area contributed by atoms with Crippen molar-refractivity contribution >= 4 is 17.3 Å². The first-order valence-electron chi connectivity index (χ1n) is 5.02. The first-order chi connectivity index (χ1) is 7.63. The van der Waals surface area contributed by atoms with E-state index in [-0.39, 0.29) is 11.8 Å². The van der Waals surface area contributed by atoms with Gasteiger partial charge in [0, 0.05) is 6.04 Å². The van der Waals surface area contributed by atoms with Crippen molar-refractivity contribution in [1.82, 2.24) is 4.57 Å². The second kappa shape index (κ2) is 3.84. The summed E-state index contributed by atoms with van der Waals surface area (Å²) in [7, 11) is 0. The molecule has 0 spiro atoms. The van der Waals surface area contributed by atoms with E-state index in [4.69, 9.17) is 10.3 Å². The monoisotopic (exact) mass is 219 g/mol. The average Bonchev–Trinajstić information content (AvgIpc) is 2.53. The number of oxazole rings is 1. The number of fused-ring (bicyclic) bond motifs is 1. The molecule has 16 heavy (non-hydrogen) atoms. The molecule has 2 aromatic rings. The van der Waals surface area contributed by atoms with Crippen molar-refractivity contribution in [3.8, 4) is 0 Å². The Labute approximate surface area is 92.2 Å². The molecule has 0 bridgehead atoms. The van der Waals surface area contributed by atoms with Gasteiger partial charge >= 0.3 is 5.76 Å². The summed E-state index contributed by atoms with van der Waals surface area (Å²) in [4.78, 5) is 11.6. The van der Waals surface area contributed by atoms with Gasteiger partial charge in [0.05, 0.1) is 11.7 Å². The minimum absolute atomic E-state index is 0.0545. The first kappa shape index (κ1) is 10.5. The summed E-state index contributed by atoms with van der Waals surface area (Å²) >= 11 is 0. The third-order valence-corrected chi connectivity index (χ3v) is 2.38. The van der Waals surface area contributed by atoms with Crippen molar-refractivity contribution in [1.29, 1.82) is 0 Å². The molecular weight excluding hydrogens is 206 g/mol. The lowest BCUT2D eigenvalue weighted by molar-refractivity contribution is 0.478. The van der Waals surface area contributed by atoms with Crippen LogP contribution < -0.4 is 11.6 Å². The Bertz CT molecular complexity index is 593. The zero-order valence-corrected chi connectivity index (χ0v) is 9.18. The molecule has 1 aromatic heterocycles. The van der Waals surface area contributed by atoms with Crippen LogP contribution in [0.3, 0.4) is 0 Å². The van der Waals surface area contributed by atoms with Gasteiger partial charge in [0.15, 0.2) is 5.58 Å². The van der Waals surface area contributed by atoms with Gasteiger partial charge in [0.2, 0.25) is 0 Å². The van der Waals surface area contributed by atoms with Crippen LogP contribution in [0.4, 0.5) is 0 Å². The van der Waals surface area contributed by atoms with Gasteiger partial charge in [-0.2, -0.15) is 5.10 Å². The quantitative estimate of drug-likeness (QED) is 0.472. The van der Waals surface area contributed by atoms with Gasteiger partial charge in [-0.05, 0) is 37.6 Å². The molecule has 0 saturated heterocycles. The molecule has 0 aliphatic carbocycles. The predicted molar refractivity (Wildman–Crippen MR) is 62.6 cm³/mol. The Morgan fingerprint density at radius 3 is 2.88 bits per heavy atom. The van der Waals surface area contributed by atoms with E-state index >= 15 is 0 Å². The van der Waals surface area contributed by atoms with Crippen molar-refractivity contribution in [3.05, 3.63) is 34.3 Å². The highest BCUT2D eigenvalue weighted by molar-refractivity contribution is 5.86. The molecule has 1 heterocycles. The smallest absolute Gasteiger partial charge is 0.408 e. The van der Waals surface area contributed by atoms with Crippen LogP contribution in [0.1, 0.15) is 25.5 Å². The first-order valence-corrected chi connectivity index (χ1v) is 5.02. The number of nitrogens with zero attached hydrogens (tertiary/aromatic N) is 2. The van der Waals surface area contributed by atoms with Crippen LogP contribution in [-0.2, 0) is 0 Å². The zero-order valence-electron chi connectivity index (χ0n) is 9.18. The Balaban J connectivity index is 2.74. The largest absolute Gasteiger partial charge is 0.420 e. The van der Waals surface area contributed by atoms with Gasteiger partial charge in [-0.1, -0.05) is 0 Å². The Hall–Kier alpha value is -2.04. The maximum Gasteiger partial charge on any atom is 0.420 e. The minimum Gasteiger partial charge on any atom is -0.408 e. The number of nitrogens with two attached hydrogens (primary N) is 1. The van der Waals surface area contributed by atoms with Crippen LogP contribution in [0.2, 0.25) is 0 Å². The molecule has 0 radical (unpaired) electrons. The summed E-state index contributed by atoms with van der Waals surface area (Å²) in [6.45, 7) is 3.86. The van der Waals surface area contributed by atoms with Gasteiger partial charge in [-0.15, -0.1) is 0 Å². The standard InChI is InChI=1S/C11H13N3O2/c1-7(2)14-9-5-8(6-13-12)3-4-10(9)16-11(14)15/h3-7H,12H2,1-2H3. The van der Waals surface area contributed by atoms with E-state index in [0.717, 1.165) is 11.1 Å². The number of benzene rings is 1. The van der Waals surface area contributed by atoms with Gasteiger partial charge < -0.3 is 10.3 Å². The van der Waals surface area contributed by atoms with Crippen molar-refractivity contribution in [2.45, 2.75) is 19.9 Å². The Morgan fingerprint density at radius 2 is 2.25 bits per heavy atom. The average molecular weight is 219 g/mol. The van der Waals surface area contributed by atoms with E-state index in [0.29, 0.717) is 5.58 Å². The van der Waals surface area contributed by atoms with Crippen molar-refractivity contribution in [2.75, 3.05) is 0 Å². The van der Waals surface area contributed by atoms with Crippen molar-refractivity contribution in [2.24, 2.45) is 10.9 Å². The van der Waals surface area contributed by atoms with E-state index in [9.17, 15) is 4.79 Å². The molecule has 0 saturated carbocycles. The van der Waals surface area contributed by atoms with Crippen LogP contribution in [-0.4, -0.2) is 10.8 Å². The van der Waals surface area contributed by atoms with Gasteiger partial charge in [0.25, 0.3) is 0 Å². The minimum atomic E-state index is -0.341. The Morgan fingerprint density at radius 1 is 1.50 bits per heavy atom. The maximum atomic E-state index is 11.6. The van der Waals surface area contributed by atoms with Gasteiger partial charge in [-0.25, -0.2) is 4.79 Å². The Kier molecular flexibility index (Phi) is 2.52. The molecule has 84 valence electrons. The predicted octanol–water partition coefficient (Wildman–Crippen LogP) is 1.47. The molecule has 5 heteroatoms. The van der Waals surface area contributed by atoms with Crippen LogP contribution in [0.15, 0.2) is 32.5 Å². The normalized spacial score (nSPS) is 11.9. The molecule has 0 aliphatic heterocycles.